The fraction of sp³-hybridized carbons (Fsp3) is 0.375. The second-order valence-corrected chi connectivity index (χ2v) is 7.43. The summed E-state index contributed by atoms with van der Waals surface area (Å²) in [6.45, 7) is 4.80. The van der Waals surface area contributed by atoms with E-state index in [0.717, 1.165) is 12.0 Å². The Kier molecular flexibility index (Phi) is 7.39. The fourth-order valence-electron chi connectivity index (χ4n) is 3.59. The van der Waals surface area contributed by atoms with Crippen LogP contribution < -0.4 is 10.6 Å². The first-order chi connectivity index (χ1) is 14.6. The van der Waals surface area contributed by atoms with Crippen molar-refractivity contribution in [2.24, 2.45) is 15.9 Å². The van der Waals surface area contributed by atoms with Gasteiger partial charge in [-0.25, -0.2) is 14.4 Å². The Morgan fingerprint density at radius 3 is 2.71 bits per heavy atom. The van der Waals surface area contributed by atoms with E-state index < -0.39 is 0 Å². The van der Waals surface area contributed by atoms with Crippen LogP contribution in [0.25, 0.3) is 11.3 Å². The number of hydrogen-bond donors (Lipinski definition) is 2. The minimum atomic E-state index is -0.286. The van der Waals surface area contributed by atoms with Crippen LogP contribution in [0.3, 0.4) is 0 Å². The van der Waals surface area contributed by atoms with Crippen molar-refractivity contribution in [3.05, 3.63) is 60.1 Å². The highest BCUT2D eigenvalue weighted by Crippen LogP contribution is 2.35. The lowest BCUT2D eigenvalue weighted by atomic mass is 9.94. The summed E-state index contributed by atoms with van der Waals surface area (Å²) < 4.78 is 19.4. The molecule has 0 fully saturated rings. The highest BCUT2D eigenvalue weighted by atomic mass is 19.1. The number of aliphatic imine (C=N–C) groups is 2. The molecule has 1 aliphatic heterocycles. The number of halogens is 1. The van der Waals surface area contributed by atoms with E-state index in [0.29, 0.717) is 42.3 Å². The first kappa shape index (κ1) is 22.5. The summed E-state index contributed by atoms with van der Waals surface area (Å²) in [5.41, 5.74) is 1.46. The van der Waals surface area contributed by atoms with Crippen molar-refractivity contribution in [2.45, 2.75) is 46.2 Å². The normalized spacial score (nSPS) is 20.7. The Morgan fingerprint density at radius 2 is 2.00 bits per heavy atom. The van der Waals surface area contributed by atoms with Crippen molar-refractivity contribution in [2.75, 3.05) is 11.9 Å². The molecule has 3 atom stereocenters. The molecule has 1 aromatic heterocycles. The Hall–Kier alpha value is -3.22. The highest BCUT2D eigenvalue weighted by molar-refractivity contribution is 5.90. The van der Waals surface area contributed by atoms with Gasteiger partial charge in [0, 0.05) is 36.7 Å². The zero-order valence-electron chi connectivity index (χ0n) is 17.2. The van der Waals surface area contributed by atoms with Gasteiger partial charge in [-0.2, -0.15) is 4.98 Å². The second-order valence-electron chi connectivity index (χ2n) is 7.43. The maximum Gasteiger partial charge on any atom is 0.295 e. The van der Waals surface area contributed by atoms with E-state index in [1.54, 1.807) is 12.1 Å². The number of aromatic nitrogens is 1. The molecule has 2 aromatic rings. The largest absolute Gasteiger partial charge is 0.426 e. The van der Waals surface area contributed by atoms with E-state index in [9.17, 15) is 4.39 Å². The van der Waals surface area contributed by atoms with Crippen molar-refractivity contribution in [1.29, 1.82) is 0 Å². The number of nitrogens with zero attached hydrogens (tertiary/aromatic N) is 3. The van der Waals surface area contributed by atoms with Crippen molar-refractivity contribution in [3.8, 4) is 11.3 Å². The first-order valence-electron chi connectivity index (χ1n) is 10.3. The SMILES string of the molecule is C.CCNc1nc(-c2ccc(F)cc2)c(C2CC=NC(NC(C)C3C=CC=CC3)=N2)o1. The third-order valence-electron chi connectivity index (χ3n) is 5.23. The molecule has 31 heavy (non-hydrogen) atoms. The number of rotatable bonds is 6. The molecule has 0 spiro atoms. The van der Waals surface area contributed by atoms with E-state index >= 15 is 0 Å². The Labute approximate surface area is 183 Å². The Morgan fingerprint density at radius 1 is 1.19 bits per heavy atom. The second kappa shape index (κ2) is 10.2. The third kappa shape index (κ3) is 5.29. The van der Waals surface area contributed by atoms with Crippen molar-refractivity contribution < 1.29 is 8.81 Å². The summed E-state index contributed by atoms with van der Waals surface area (Å²) in [5.74, 6) is 1.35. The number of guanidine groups is 1. The van der Waals surface area contributed by atoms with Crippen LogP contribution in [0, 0.1) is 11.7 Å². The quantitative estimate of drug-likeness (QED) is 0.640. The van der Waals surface area contributed by atoms with Crippen molar-refractivity contribution >= 4 is 18.2 Å². The molecule has 0 saturated carbocycles. The Balaban J connectivity index is 0.00000272. The minimum Gasteiger partial charge on any atom is -0.426 e. The van der Waals surface area contributed by atoms with Crippen LogP contribution in [-0.2, 0) is 0 Å². The van der Waals surface area contributed by atoms with E-state index in [1.165, 1.54) is 12.1 Å². The molecular weight excluding hydrogens is 393 g/mol. The lowest BCUT2D eigenvalue weighted by Crippen LogP contribution is -2.38. The third-order valence-corrected chi connectivity index (χ3v) is 5.23. The molecule has 0 bridgehead atoms. The lowest BCUT2D eigenvalue weighted by Gasteiger charge is -2.24. The van der Waals surface area contributed by atoms with E-state index in [2.05, 4.69) is 51.8 Å². The molecule has 1 aromatic carbocycles. The van der Waals surface area contributed by atoms with Gasteiger partial charge in [-0.15, -0.1) is 0 Å². The molecule has 0 saturated heterocycles. The summed E-state index contributed by atoms with van der Waals surface area (Å²) in [6, 6.07) is 6.64. The van der Waals surface area contributed by atoms with Crippen LogP contribution in [0.2, 0.25) is 0 Å². The van der Waals surface area contributed by atoms with Gasteiger partial charge in [0.2, 0.25) is 5.96 Å². The molecule has 0 radical (unpaired) electrons. The van der Waals surface area contributed by atoms with Gasteiger partial charge in [0.25, 0.3) is 6.01 Å². The summed E-state index contributed by atoms with van der Waals surface area (Å²) in [7, 11) is 0. The monoisotopic (exact) mass is 423 g/mol. The average molecular weight is 424 g/mol. The first-order valence-corrected chi connectivity index (χ1v) is 10.3. The smallest absolute Gasteiger partial charge is 0.295 e. The number of hydrogen-bond acceptors (Lipinski definition) is 6. The standard InChI is InChI=1S/C23H26FN5O.CH4/c1-3-25-23-29-20(17-9-11-18(24)12-10-17)21(30-23)19-13-14-26-22(28-19)27-15(2)16-7-5-4-6-8-16;/h4-7,9-12,14-16,19H,3,8,13H2,1-2H3,(H,25,29)(H,27,28);1H4. The van der Waals surface area contributed by atoms with Gasteiger partial charge in [0.15, 0.2) is 5.76 Å². The number of anilines is 1. The summed E-state index contributed by atoms with van der Waals surface area (Å²) in [6.07, 6.45) is 12.0. The number of oxazole rings is 1. The number of benzene rings is 1. The zero-order chi connectivity index (χ0) is 20.9. The maximum atomic E-state index is 13.4. The number of allylic oxidation sites excluding steroid dienone is 3. The van der Waals surface area contributed by atoms with E-state index in [4.69, 9.17) is 9.41 Å². The molecule has 164 valence electrons. The van der Waals surface area contributed by atoms with Gasteiger partial charge < -0.3 is 15.1 Å². The molecule has 2 N–H and O–H groups in total. The summed E-state index contributed by atoms with van der Waals surface area (Å²) in [5, 5.41) is 6.54. The predicted octanol–water partition coefficient (Wildman–Crippen LogP) is 5.53. The molecule has 3 unspecified atom stereocenters. The average Bonchev–Trinajstić information content (AvgIpc) is 3.19. The summed E-state index contributed by atoms with van der Waals surface area (Å²) >= 11 is 0. The molecule has 6 nitrogen and oxygen atoms in total. The van der Waals surface area contributed by atoms with Gasteiger partial charge in [0.05, 0.1) is 0 Å². The predicted molar refractivity (Wildman–Crippen MR) is 125 cm³/mol. The Bertz CT molecular complexity index is 990. The minimum absolute atomic E-state index is 0. The van der Waals surface area contributed by atoms with Gasteiger partial charge in [0.1, 0.15) is 17.6 Å². The molecule has 4 rings (SSSR count). The van der Waals surface area contributed by atoms with Crippen LogP contribution in [0.4, 0.5) is 10.4 Å². The maximum absolute atomic E-state index is 13.4. The molecule has 7 heteroatoms. The van der Waals surface area contributed by atoms with Crippen LogP contribution in [0.15, 0.2) is 63.0 Å². The molecule has 0 amide bonds. The van der Waals surface area contributed by atoms with Gasteiger partial charge >= 0.3 is 0 Å². The van der Waals surface area contributed by atoms with Crippen LogP contribution in [-0.4, -0.2) is 29.7 Å². The van der Waals surface area contributed by atoms with Gasteiger partial charge in [-0.1, -0.05) is 31.7 Å². The van der Waals surface area contributed by atoms with Gasteiger partial charge in [-0.05, 0) is 44.5 Å². The zero-order valence-corrected chi connectivity index (χ0v) is 17.2. The molecule has 2 heterocycles. The van der Waals surface area contributed by atoms with E-state index in [1.807, 2.05) is 13.1 Å². The summed E-state index contributed by atoms with van der Waals surface area (Å²) in [4.78, 5) is 13.8. The highest BCUT2D eigenvalue weighted by Gasteiger charge is 2.26. The lowest BCUT2D eigenvalue weighted by molar-refractivity contribution is 0.471. The fourth-order valence-corrected chi connectivity index (χ4v) is 3.59. The van der Waals surface area contributed by atoms with Gasteiger partial charge in [-0.3, -0.25) is 0 Å². The van der Waals surface area contributed by atoms with Crippen molar-refractivity contribution in [1.82, 2.24) is 10.3 Å². The molecular formula is C24H30FN5O. The van der Waals surface area contributed by atoms with Crippen LogP contribution in [0.5, 0.6) is 0 Å². The van der Waals surface area contributed by atoms with E-state index in [-0.39, 0.29) is 25.3 Å². The van der Waals surface area contributed by atoms with Crippen molar-refractivity contribution in [3.63, 3.8) is 0 Å². The molecule has 2 aliphatic rings. The van der Waals surface area contributed by atoms with Crippen LogP contribution >= 0.6 is 0 Å². The topological polar surface area (TPSA) is 74.8 Å². The number of nitrogens with one attached hydrogen (secondary N) is 2. The molecule has 1 aliphatic carbocycles. The van der Waals surface area contributed by atoms with Crippen LogP contribution in [0.1, 0.15) is 45.9 Å².